The molecule has 1 aromatic heterocycles. The van der Waals surface area contributed by atoms with E-state index in [1.165, 1.54) is 0 Å². The van der Waals surface area contributed by atoms with E-state index in [1.807, 2.05) is 48.5 Å². The van der Waals surface area contributed by atoms with E-state index in [0.29, 0.717) is 25.3 Å². The van der Waals surface area contributed by atoms with Crippen molar-refractivity contribution in [1.29, 1.82) is 5.26 Å². The van der Waals surface area contributed by atoms with Gasteiger partial charge >= 0.3 is 0 Å². The summed E-state index contributed by atoms with van der Waals surface area (Å²) in [7, 11) is 0. The van der Waals surface area contributed by atoms with Crippen molar-refractivity contribution in [3.05, 3.63) is 81.9 Å². The highest BCUT2D eigenvalue weighted by Gasteiger charge is 2.16. The predicted molar refractivity (Wildman–Crippen MR) is 126 cm³/mol. The molecule has 0 saturated carbocycles. The lowest BCUT2D eigenvalue weighted by Gasteiger charge is -2.28. The smallest absolute Gasteiger partial charge is 0.255 e. The van der Waals surface area contributed by atoms with Crippen molar-refractivity contribution in [2.45, 2.75) is 32.7 Å². The van der Waals surface area contributed by atoms with Crippen LogP contribution in [0.3, 0.4) is 0 Å². The fourth-order valence-electron chi connectivity index (χ4n) is 3.99. The lowest BCUT2D eigenvalue weighted by molar-refractivity contribution is 0.122. The van der Waals surface area contributed by atoms with Crippen LogP contribution in [0.1, 0.15) is 36.7 Å². The molecule has 6 heteroatoms. The molecule has 2 aromatic carbocycles. The zero-order valence-corrected chi connectivity index (χ0v) is 18.5. The van der Waals surface area contributed by atoms with Crippen LogP contribution < -0.4 is 10.5 Å². The average molecular weight is 429 g/mol. The number of rotatable bonds is 7. The van der Waals surface area contributed by atoms with Gasteiger partial charge in [-0.15, -0.1) is 0 Å². The molecule has 1 aliphatic rings. The van der Waals surface area contributed by atoms with Crippen LogP contribution in [0.15, 0.2) is 59.4 Å². The molecule has 0 bridgehead atoms. The molecule has 0 unspecified atom stereocenters. The molecule has 0 spiro atoms. The number of nitrogens with zero attached hydrogens (tertiary/aromatic N) is 4. The zero-order valence-electron chi connectivity index (χ0n) is 18.5. The van der Waals surface area contributed by atoms with E-state index in [0.717, 1.165) is 60.7 Å². The lowest BCUT2D eigenvalue weighted by atomic mass is 9.99. The molecule has 0 radical (unpaired) electrons. The Kier molecular flexibility index (Phi) is 6.98. The fourth-order valence-corrected chi connectivity index (χ4v) is 3.99. The number of hydrogen-bond acceptors (Lipinski definition) is 5. The van der Waals surface area contributed by atoms with E-state index in [2.05, 4.69) is 17.9 Å². The molecule has 6 nitrogen and oxygen atoms in total. The largest absolute Gasteiger partial charge is 0.378 e. The topological polar surface area (TPSA) is 71.2 Å². The molecule has 1 aliphatic heterocycles. The third kappa shape index (κ3) is 4.90. The van der Waals surface area contributed by atoms with Gasteiger partial charge < -0.3 is 9.64 Å². The number of nitriles is 1. The summed E-state index contributed by atoms with van der Waals surface area (Å²) in [6.07, 6.45) is 2.81. The molecule has 1 saturated heterocycles. The number of aromatic nitrogens is 2. The highest BCUT2D eigenvalue weighted by molar-refractivity contribution is 5.70. The van der Waals surface area contributed by atoms with Crippen molar-refractivity contribution in [3.8, 4) is 17.2 Å². The molecule has 0 aliphatic carbocycles. The third-order valence-corrected chi connectivity index (χ3v) is 5.82. The second-order valence-electron chi connectivity index (χ2n) is 8.01. The summed E-state index contributed by atoms with van der Waals surface area (Å²) < 4.78 is 7.22. The zero-order chi connectivity index (χ0) is 22.3. The molecule has 32 heavy (non-hydrogen) atoms. The number of unbranched alkanes of at least 4 members (excludes halogenated alkanes) is 1. The molecule has 0 atom stereocenters. The quantitative estimate of drug-likeness (QED) is 0.569. The van der Waals surface area contributed by atoms with Gasteiger partial charge in [0.1, 0.15) is 11.6 Å². The maximum absolute atomic E-state index is 13.1. The first kappa shape index (κ1) is 21.8. The van der Waals surface area contributed by atoms with Crippen LogP contribution in [0.5, 0.6) is 0 Å². The number of anilines is 1. The second-order valence-corrected chi connectivity index (χ2v) is 8.01. The van der Waals surface area contributed by atoms with Crippen molar-refractivity contribution >= 4 is 5.82 Å². The van der Waals surface area contributed by atoms with Crippen molar-refractivity contribution in [3.63, 3.8) is 0 Å². The number of hydrogen-bond donors (Lipinski definition) is 0. The van der Waals surface area contributed by atoms with E-state index in [9.17, 15) is 10.1 Å². The van der Waals surface area contributed by atoms with E-state index >= 15 is 0 Å². The van der Waals surface area contributed by atoms with Gasteiger partial charge in [-0.25, -0.2) is 4.98 Å². The number of aryl methyl sites for hydroxylation is 1. The summed E-state index contributed by atoms with van der Waals surface area (Å²) in [5.41, 5.74) is 3.57. The van der Waals surface area contributed by atoms with Gasteiger partial charge in [0.2, 0.25) is 0 Å². The van der Waals surface area contributed by atoms with Gasteiger partial charge in [0.25, 0.3) is 5.56 Å². The van der Waals surface area contributed by atoms with Crippen molar-refractivity contribution in [2.24, 2.45) is 0 Å². The van der Waals surface area contributed by atoms with Gasteiger partial charge in [0.15, 0.2) is 0 Å². The molecular weight excluding hydrogens is 400 g/mol. The van der Waals surface area contributed by atoms with Crippen molar-refractivity contribution < 1.29 is 4.74 Å². The van der Waals surface area contributed by atoms with Gasteiger partial charge in [-0.05, 0) is 29.2 Å². The lowest BCUT2D eigenvalue weighted by Crippen LogP contribution is -2.38. The number of morpholine rings is 1. The summed E-state index contributed by atoms with van der Waals surface area (Å²) in [6.45, 7) is 5.47. The standard InChI is InChI=1S/C26H28N4O2/c1-2-3-8-24-28-25(29-13-15-32-16-14-29)17-26(31)30(24)19-20-9-11-21(12-10-20)23-7-5-4-6-22(23)18-27/h4-7,9-12,17H,2-3,8,13-16,19H2,1H3. The Bertz CT molecular complexity index is 1160. The van der Waals surface area contributed by atoms with Gasteiger partial charge in [0.05, 0.1) is 31.4 Å². The summed E-state index contributed by atoms with van der Waals surface area (Å²) in [5.74, 6) is 1.59. The summed E-state index contributed by atoms with van der Waals surface area (Å²) in [6, 6.07) is 19.6. The van der Waals surface area contributed by atoms with E-state index in [1.54, 1.807) is 10.6 Å². The van der Waals surface area contributed by atoms with Crippen LogP contribution in [-0.2, 0) is 17.7 Å². The van der Waals surface area contributed by atoms with Crippen LogP contribution in [0.25, 0.3) is 11.1 Å². The SMILES string of the molecule is CCCCc1nc(N2CCOCC2)cc(=O)n1Cc1ccc(-c2ccccc2C#N)cc1. The Morgan fingerprint density at radius 2 is 1.84 bits per heavy atom. The molecule has 0 amide bonds. The highest BCUT2D eigenvalue weighted by Crippen LogP contribution is 2.24. The number of ether oxygens (including phenoxy) is 1. The van der Waals surface area contributed by atoms with Crippen LogP contribution in [0.4, 0.5) is 5.82 Å². The predicted octanol–water partition coefficient (Wildman–Crippen LogP) is 4.01. The van der Waals surface area contributed by atoms with Gasteiger partial charge in [-0.2, -0.15) is 5.26 Å². The fraction of sp³-hybridized carbons (Fsp3) is 0.346. The summed E-state index contributed by atoms with van der Waals surface area (Å²) in [4.78, 5) is 20.1. The molecule has 4 rings (SSSR count). The Hall–Kier alpha value is -3.43. The molecule has 1 fully saturated rings. The molecule has 2 heterocycles. The van der Waals surface area contributed by atoms with Gasteiger partial charge in [-0.3, -0.25) is 9.36 Å². The van der Waals surface area contributed by atoms with E-state index in [4.69, 9.17) is 9.72 Å². The Balaban J connectivity index is 1.61. The normalized spacial score (nSPS) is 13.7. The first-order valence-corrected chi connectivity index (χ1v) is 11.2. The summed E-state index contributed by atoms with van der Waals surface area (Å²) in [5, 5.41) is 9.37. The Morgan fingerprint density at radius 3 is 2.56 bits per heavy atom. The molecule has 164 valence electrons. The van der Waals surface area contributed by atoms with Crippen LogP contribution >= 0.6 is 0 Å². The first-order valence-electron chi connectivity index (χ1n) is 11.2. The van der Waals surface area contributed by atoms with Gasteiger partial charge in [0, 0.05) is 25.6 Å². The van der Waals surface area contributed by atoms with Crippen molar-refractivity contribution in [1.82, 2.24) is 9.55 Å². The monoisotopic (exact) mass is 428 g/mol. The maximum Gasteiger partial charge on any atom is 0.255 e. The van der Waals surface area contributed by atoms with Crippen LogP contribution in [0.2, 0.25) is 0 Å². The summed E-state index contributed by atoms with van der Waals surface area (Å²) >= 11 is 0. The van der Waals surface area contributed by atoms with Gasteiger partial charge in [-0.1, -0.05) is 55.8 Å². The molecular formula is C26H28N4O2. The second kappa shape index (κ2) is 10.3. The van der Waals surface area contributed by atoms with Crippen molar-refractivity contribution in [2.75, 3.05) is 31.2 Å². The average Bonchev–Trinajstić information content (AvgIpc) is 2.85. The minimum Gasteiger partial charge on any atom is -0.378 e. The Morgan fingerprint density at radius 1 is 1.09 bits per heavy atom. The van der Waals surface area contributed by atoms with E-state index < -0.39 is 0 Å². The first-order chi connectivity index (χ1) is 15.7. The van der Waals surface area contributed by atoms with E-state index in [-0.39, 0.29) is 5.56 Å². The molecule has 0 N–H and O–H groups in total. The minimum atomic E-state index is -0.0218. The third-order valence-electron chi connectivity index (χ3n) is 5.82. The maximum atomic E-state index is 13.1. The minimum absolute atomic E-state index is 0.0218. The number of benzene rings is 2. The molecule has 3 aromatic rings. The highest BCUT2D eigenvalue weighted by atomic mass is 16.5. The Labute approximate surface area is 188 Å². The van der Waals surface area contributed by atoms with Crippen LogP contribution in [-0.4, -0.2) is 35.9 Å². The van der Waals surface area contributed by atoms with Crippen LogP contribution in [0, 0.1) is 11.3 Å².